The maximum atomic E-state index is 11.2. The van der Waals surface area contributed by atoms with Crippen LogP contribution >= 0.6 is 23.2 Å². The van der Waals surface area contributed by atoms with Crippen molar-refractivity contribution in [3.05, 3.63) is 41.9 Å². The fourth-order valence-electron chi connectivity index (χ4n) is 0.878. The van der Waals surface area contributed by atoms with Crippen molar-refractivity contribution in [1.29, 1.82) is 0 Å². The standard InChI is InChI=1S/C11H10Cl2N2O2/c1-2-7-17-11(16)10(13)15-14-9-5-3-8(12)4-6-9/h2-6,14H,1,7H2. The highest BCUT2D eigenvalue weighted by molar-refractivity contribution is 6.82. The van der Waals surface area contributed by atoms with Crippen molar-refractivity contribution < 1.29 is 9.53 Å². The number of nitrogens with one attached hydrogen (secondary N) is 1. The molecule has 0 bridgehead atoms. The smallest absolute Gasteiger partial charge is 0.371 e. The molecule has 90 valence electrons. The Hall–Kier alpha value is -1.52. The summed E-state index contributed by atoms with van der Waals surface area (Å²) in [5, 5.41) is 3.97. The summed E-state index contributed by atoms with van der Waals surface area (Å²) in [6.45, 7) is 3.49. The number of ether oxygens (including phenoxy) is 1. The molecule has 0 fully saturated rings. The Kier molecular flexibility index (Phi) is 5.52. The number of carbonyl (C=O) groups is 1. The van der Waals surface area contributed by atoms with Crippen LogP contribution in [0.5, 0.6) is 0 Å². The molecule has 0 aliphatic heterocycles. The molecule has 0 heterocycles. The van der Waals surface area contributed by atoms with Crippen LogP contribution in [0, 0.1) is 0 Å². The minimum absolute atomic E-state index is 0.0888. The number of rotatable bonds is 5. The van der Waals surface area contributed by atoms with Gasteiger partial charge in [-0.3, -0.25) is 5.43 Å². The van der Waals surface area contributed by atoms with Crippen molar-refractivity contribution in [3.63, 3.8) is 0 Å². The first-order valence-electron chi connectivity index (χ1n) is 4.66. The summed E-state index contributed by atoms with van der Waals surface area (Å²) in [4.78, 5) is 11.2. The molecule has 0 spiro atoms. The summed E-state index contributed by atoms with van der Waals surface area (Å²) in [5.74, 6) is -0.715. The van der Waals surface area contributed by atoms with Crippen molar-refractivity contribution in [2.24, 2.45) is 5.10 Å². The van der Waals surface area contributed by atoms with Gasteiger partial charge in [-0.2, -0.15) is 5.10 Å². The van der Waals surface area contributed by atoms with Crippen LogP contribution in [0.2, 0.25) is 5.02 Å². The molecule has 1 aromatic rings. The van der Waals surface area contributed by atoms with E-state index in [9.17, 15) is 4.79 Å². The average molecular weight is 273 g/mol. The van der Waals surface area contributed by atoms with E-state index < -0.39 is 5.97 Å². The van der Waals surface area contributed by atoms with Gasteiger partial charge in [0.05, 0.1) is 5.69 Å². The van der Waals surface area contributed by atoms with E-state index in [2.05, 4.69) is 21.8 Å². The van der Waals surface area contributed by atoms with Gasteiger partial charge in [-0.1, -0.05) is 35.9 Å². The Balaban J connectivity index is 2.55. The fraction of sp³-hybridized carbons (Fsp3) is 0.0909. The Labute approximate surface area is 109 Å². The third-order valence-electron chi connectivity index (χ3n) is 1.63. The predicted molar refractivity (Wildman–Crippen MR) is 69.5 cm³/mol. The third kappa shape index (κ3) is 4.89. The van der Waals surface area contributed by atoms with Gasteiger partial charge in [0.1, 0.15) is 6.61 Å². The van der Waals surface area contributed by atoms with E-state index in [1.165, 1.54) is 6.08 Å². The van der Waals surface area contributed by atoms with Crippen molar-refractivity contribution in [2.75, 3.05) is 12.0 Å². The molecule has 0 aromatic heterocycles. The van der Waals surface area contributed by atoms with Crippen molar-refractivity contribution >= 4 is 40.0 Å². The largest absolute Gasteiger partial charge is 0.456 e. The first-order chi connectivity index (χ1) is 8.13. The highest BCUT2D eigenvalue weighted by atomic mass is 35.5. The van der Waals surface area contributed by atoms with Gasteiger partial charge in [-0.05, 0) is 24.3 Å². The minimum atomic E-state index is -0.715. The van der Waals surface area contributed by atoms with E-state index >= 15 is 0 Å². The van der Waals surface area contributed by atoms with Crippen molar-refractivity contribution in [1.82, 2.24) is 0 Å². The van der Waals surface area contributed by atoms with Gasteiger partial charge in [0.2, 0.25) is 5.17 Å². The van der Waals surface area contributed by atoms with E-state index in [0.717, 1.165) is 0 Å². The first-order valence-corrected chi connectivity index (χ1v) is 5.42. The lowest BCUT2D eigenvalue weighted by atomic mass is 10.3. The lowest BCUT2D eigenvalue weighted by Gasteiger charge is -2.02. The second kappa shape index (κ2) is 6.93. The molecular formula is C11H10Cl2N2O2. The van der Waals surface area contributed by atoms with Gasteiger partial charge < -0.3 is 4.74 Å². The van der Waals surface area contributed by atoms with Crippen LogP contribution < -0.4 is 5.43 Å². The molecule has 0 aliphatic carbocycles. The summed E-state index contributed by atoms with van der Waals surface area (Å²) in [6, 6.07) is 6.77. The van der Waals surface area contributed by atoms with Crippen molar-refractivity contribution in [3.8, 4) is 0 Å². The normalized spacial score (nSPS) is 10.8. The molecule has 0 unspecified atom stereocenters. The number of hydrogen-bond acceptors (Lipinski definition) is 4. The number of esters is 1. The van der Waals surface area contributed by atoms with Crippen LogP contribution in [-0.4, -0.2) is 17.7 Å². The topological polar surface area (TPSA) is 50.7 Å². The molecule has 1 rings (SSSR count). The van der Waals surface area contributed by atoms with Crippen molar-refractivity contribution in [2.45, 2.75) is 0 Å². The average Bonchev–Trinajstić information content (AvgIpc) is 2.34. The number of hydrazone groups is 1. The Morgan fingerprint density at radius 2 is 2.12 bits per heavy atom. The summed E-state index contributed by atoms with van der Waals surface area (Å²) < 4.78 is 4.68. The van der Waals surface area contributed by atoms with Gasteiger partial charge >= 0.3 is 5.97 Å². The van der Waals surface area contributed by atoms with Gasteiger partial charge in [-0.15, -0.1) is 0 Å². The van der Waals surface area contributed by atoms with Crippen LogP contribution in [0.3, 0.4) is 0 Å². The SMILES string of the molecule is C=CCOC(=O)C(Cl)=NNc1ccc(Cl)cc1. The van der Waals surface area contributed by atoms with Gasteiger partial charge in [0.25, 0.3) is 0 Å². The zero-order chi connectivity index (χ0) is 12.7. The maximum absolute atomic E-state index is 11.2. The number of hydrogen-bond donors (Lipinski definition) is 1. The van der Waals surface area contributed by atoms with Gasteiger partial charge in [0.15, 0.2) is 0 Å². The molecule has 0 amide bonds. The minimum Gasteiger partial charge on any atom is -0.456 e. The lowest BCUT2D eigenvalue weighted by molar-refractivity contribution is -0.134. The first kappa shape index (κ1) is 13.5. The molecule has 0 saturated carbocycles. The fourth-order valence-corrected chi connectivity index (χ4v) is 1.10. The molecule has 17 heavy (non-hydrogen) atoms. The number of benzene rings is 1. The maximum Gasteiger partial charge on any atom is 0.371 e. The third-order valence-corrected chi connectivity index (χ3v) is 2.12. The van der Waals surface area contributed by atoms with Gasteiger partial charge in [0, 0.05) is 5.02 Å². The van der Waals surface area contributed by atoms with E-state index in [4.69, 9.17) is 23.2 Å². The molecular weight excluding hydrogens is 263 g/mol. The van der Waals surface area contributed by atoms with E-state index in [1.54, 1.807) is 24.3 Å². The van der Waals surface area contributed by atoms with E-state index in [-0.39, 0.29) is 11.8 Å². The zero-order valence-electron chi connectivity index (χ0n) is 8.82. The van der Waals surface area contributed by atoms with Crippen LogP contribution in [0.1, 0.15) is 0 Å². The number of carbonyl (C=O) groups excluding carboxylic acids is 1. The summed E-state index contributed by atoms with van der Waals surface area (Å²) >= 11 is 11.3. The monoisotopic (exact) mass is 272 g/mol. The second-order valence-electron chi connectivity index (χ2n) is 2.91. The van der Waals surface area contributed by atoms with Crippen LogP contribution in [0.4, 0.5) is 5.69 Å². The van der Waals surface area contributed by atoms with Crippen LogP contribution in [-0.2, 0) is 9.53 Å². The predicted octanol–water partition coefficient (Wildman–Crippen LogP) is 3.03. The highest BCUT2D eigenvalue weighted by Crippen LogP contribution is 2.13. The second-order valence-corrected chi connectivity index (χ2v) is 3.70. The summed E-state index contributed by atoms with van der Waals surface area (Å²) in [5.41, 5.74) is 3.26. The summed E-state index contributed by atoms with van der Waals surface area (Å²) in [6.07, 6.45) is 1.44. The molecule has 1 N–H and O–H groups in total. The molecule has 0 atom stereocenters. The molecule has 0 aliphatic rings. The number of halogens is 2. The van der Waals surface area contributed by atoms with Crippen LogP contribution in [0.15, 0.2) is 42.0 Å². The molecule has 0 saturated heterocycles. The van der Waals surface area contributed by atoms with E-state index in [1.807, 2.05) is 0 Å². The molecule has 4 nitrogen and oxygen atoms in total. The van der Waals surface area contributed by atoms with E-state index in [0.29, 0.717) is 10.7 Å². The number of anilines is 1. The molecule has 6 heteroatoms. The zero-order valence-corrected chi connectivity index (χ0v) is 10.3. The number of nitrogens with zero attached hydrogens (tertiary/aromatic N) is 1. The Bertz CT molecular complexity index is 430. The quantitative estimate of drug-likeness (QED) is 0.388. The Morgan fingerprint density at radius 1 is 1.47 bits per heavy atom. The van der Waals surface area contributed by atoms with Crippen LogP contribution in [0.25, 0.3) is 0 Å². The lowest BCUT2D eigenvalue weighted by Crippen LogP contribution is -2.13. The van der Waals surface area contributed by atoms with Gasteiger partial charge in [-0.25, -0.2) is 4.79 Å². The molecule has 0 radical (unpaired) electrons. The highest BCUT2D eigenvalue weighted by Gasteiger charge is 2.08. The Morgan fingerprint density at radius 3 is 2.71 bits per heavy atom. The molecule has 1 aromatic carbocycles. The summed E-state index contributed by atoms with van der Waals surface area (Å²) in [7, 11) is 0.